The van der Waals surface area contributed by atoms with E-state index in [1.807, 2.05) is 49.3 Å². The summed E-state index contributed by atoms with van der Waals surface area (Å²) in [6.45, 7) is 0.918. The Hall–Kier alpha value is -2.63. The average Bonchev–Trinajstić information content (AvgIpc) is 2.91. The Labute approximate surface area is 141 Å². The van der Waals surface area contributed by atoms with Gasteiger partial charge in [-0.05, 0) is 17.7 Å². The molecule has 1 fully saturated rings. The molecule has 2 amide bonds. The van der Waals surface area contributed by atoms with E-state index < -0.39 is 0 Å². The van der Waals surface area contributed by atoms with E-state index in [1.165, 1.54) is 0 Å². The van der Waals surface area contributed by atoms with Crippen LogP contribution in [0.25, 0.3) is 10.9 Å². The molecule has 1 atom stereocenters. The van der Waals surface area contributed by atoms with Crippen LogP contribution in [0.15, 0.2) is 30.3 Å². The van der Waals surface area contributed by atoms with E-state index in [4.69, 9.17) is 0 Å². The number of amides is 2. The number of rotatable bonds is 4. The molecule has 2 heterocycles. The third-order valence-electron chi connectivity index (χ3n) is 4.41. The van der Waals surface area contributed by atoms with Gasteiger partial charge < -0.3 is 15.1 Å². The van der Waals surface area contributed by atoms with Crippen molar-refractivity contribution < 1.29 is 9.59 Å². The maximum Gasteiger partial charge on any atom is 0.225 e. The molecular formula is C18H22N4O2. The number of hydrogen-bond acceptors (Lipinski definition) is 4. The fraction of sp³-hybridized carbons (Fsp3) is 0.389. The van der Waals surface area contributed by atoms with Crippen molar-refractivity contribution in [3.8, 4) is 0 Å². The third kappa shape index (κ3) is 3.18. The molecule has 3 rings (SSSR count). The zero-order valence-electron chi connectivity index (χ0n) is 14.2. The number of anilines is 1. The van der Waals surface area contributed by atoms with Gasteiger partial charge in [-0.25, -0.2) is 4.98 Å². The van der Waals surface area contributed by atoms with Crippen LogP contribution in [0.4, 0.5) is 5.82 Å². The number of hydrogen-bond donors (Lipinski definition) is 1. The quantitative estimate of drug-likeness (QED) is 0.922. The van der Waals surface area contributed by atoms with Gasteiger partial charge in [0.2, 0.25) is 11.8 Å². The van der Waals surface area contributed by atoms with Gasteiger partial charge >= 0.3 is 0 Å². The molecule has 1 aliphatic heterocycles. The van der Waals surface area contributed by atoms with E-state index in [2.05, 4.69) is 10.3 Å². The first-order chi connectivity index (χ1) is 11.5. The smallest absolute Gasteiger partial charge is 0.225 e. The number of aromatic nitrogens is 1. The topological polar surface area (TPSA) is 65.5 Å². The molecule has 0 spiro atoms. The molecule has 126 valence electrons. The minimum Gasteiger partial charge on any atom is -0.363 e. The highest BCUT2D eigenvalue weighted by Crippen LogP contribution is 2.22. The van der Waals surface area contributed by atoms with Crippen LogP contribution in [-0.2, 0) is 16.1 Å². The van der Waals surface area contributed by atoms with Crippen LogP contribution in [0.1, 0.15) is 12.0 Å². The molecule has 6 nitrogen and oxygen atoms in total. The minimum atomic E-state index is -0.260. The number of nitrogens with one attached hydrogen (secondary N) is 1. The first-order valence-electron chi connectivity index (χ1n) is 8.03. The molecule has 0 aliphatic carbocycles. The molecule has 0 bridgehead atoms. The van der Waals surface area contributed by atoms with Gasteiger partial charge in [-0.1, -0.05) is 18.2 Å². The standard InChI is InChI=1S/C18H22N4O2/c1-21(2)16-8-12(14-6-4-5-7-15(14)20-16)10-19-18(24)13-9-17(23)22(3)11-13/h4-8,13H,9-11H2,1-3H3,(H,19,24)/t13-/m0/s1. The lowest BCUT2D eigenvalue weighted by Crippen LogP contribution is -2.31. The first kappa shape index (κ1) is 16.2. The van der Waals surface area contributed by atoms with Crippen LogP contribution in [-0.4, -0.2) is 49.4 Å². The lowest BCUT2D eigenvalue weighted by atomic mass is 10.1. The molecular weight excluding hydrogens is 304 g/mol. The molecule has 0 saturated carbocycles. The van der Waals surface area contributed by atoms with Gasteiger partial charge in [0.25, 0.3) is 0 Å². The van der Waals surface area contributed by atoms with Crippen LogP contribution in [0.3, 0.4) is 0 Å². The Morgan fingerprint density at radius 3 is 2.79 bits per heavy atom. The molecule has 0 unspecified atom stereocenters. The highest BCUT2D eigenvalue weighted by Gasteiger charge is 2.31. The predicted octanol–water partition coefficient (Wildman–Crippen LogP) is 1.40. The van der Waals surface area contributed by atoms with Crippen molar-refractivity contribution in [2.45, 2.75) is 13.0 Å². The second-order valence-corrected chi connectivity index (χ2v) is 6.44. The third-order valence-corrected chi connectivity index (χ3v) is 4.41. The molecule has 1 aromatic heterocycles. The maximum atomic E-state index is 12.3. The van der Waals surface area contributed by atoms with Gasteiger partial charge in [0, 0.05) is 46.0 Å². The normalized spacial score (nSPS) is 17.4. The molecule has 6 heteroatoms. The zero-order chi connectivity index (χ0) is 17.3. The van der Waals surface area contributed by atoms with Crippen LogP contribution < -0.4 is 10.2 Å². The molecule has 0 radical (unpaired) electrons. The van der Waals surface area contributed by atoms with E-state index in [1.54, 1.807) is 11.9 Å². The monoisotopic (exact) mass is 326 g/mol. The second-order valence-electron chi connectivity index (χ2n) is 6.44. The molecule has 1 saturated heterocycles. The Morgan fingerprint density at radius 1 is 1.38 bits per heavy atom. The summed E-state index contributed by atoms with van der Waals surface area (Å²) in [4.78, 5) is 32.1. The van der Waals surface area contributed by atoms with E-state index >= 15 is 0 Å². The number of nitrogens with zero attached hydrogens (tertiary/aromatic N) is 3. The van der Waals surface area contributed by atoms with Crippen molar-refractivity contribution in [1.82, 2.24) is 15.2 Å². The summed E-state index contributed by atoms with van der Waals surface area (Å²) in [6.07, 6.45) is 0.294. The van der Waals surface area contributed by atoms with E-state index in [0.29, 0.717) is 19.5 Å². The number of para-hydroxylation sites is 1. The van der Waals surface area contributed by atoms with Crippen LogP contribution >= 0.6 is 0 Å². The molecule has 2 aromatic rings. The number of carbonyl (C=O) groups excluding carboxylic acids is 2. The summed E-state index contributed by atoms with van der Waals surface area (Å²) in [5, 5.41) is 4.01. The van der Waals surface area contributed by atoms with Gasteiger partial charge in [0.15, 0.2) is 0 Å². The summed E-state index contributed by atoms with van der Waals surface area (Å²) in [5.74, 6) is 0.553. The van der Waals surface area contributed by atoms with Crippen molar-refractivity contribution in [1.29, 1.82) is 0 Å². The van der Waals surface area contributed by atoms with Crippen LogP contribution in [0.2, 0.25) is 0 Å². The van der Waals surface area contributed by atoms with Gasteiger partial charge in [0.05, 0.1) is 11.4 Å². The second kappa shape index (κ2) is 6.47. The lowest BCUT2D eigenvalue weighted by Gasteiger charge is -2.16. The van der Waals surface area contributed by atoms with E-state index in [9.17, 15) is 9.59 Å². The fourth-order valence-corrected chi connectivity index (χ4v) is 2.97. The summed E-state index contributed by atoms with van der Waals surface area (Å²) in [6, 6.07) is 9.90. The van der Waals surface area contributed by atoms with Crippen LogP contribution in [0, 0.1) is 5.92 Å². The van der Waals surface area contributed by atoms with Gasteiger partial charge in [-0.3, -0.25) is 9.59 Å². The molecule has 1 N–H and O–H groups in total. The summed E-state index contributed by atoms with van der Waals surface area (Å²) < 4.78 is 0. The average molecular weight is 326 g/mol. The van der Waals surface area contributed by atoms with E-state index in [0.717, 1.165) is 22.3 Å². The predicted molar refractivity (Wildman–Crippen MR) is 93.7 cm³/mol. The summed E-state index contributed by atoms with van der Waals surface area (Å²) in [5.41, 5.74) is 1.93. The van der Waals surface area contributed by atoms with Crippen molar-refractivity contribution in [2.75, 3.05) is 32.6 Å². The number of pyridine rings is 1. The van der Waals surface area contributed by atoms with Crippen molar-refractivity contribution in [3.63, 3.8) is 0 Å². The summed E-state index contributed by atoms with van der Waals surface area (Å²) >= 11 is 0. The minimum absolute atomic E-state index is 0.0272. The number of carbonyl (C=O) groups is 2. The van der Waals surface area contributed by atoms with Crippen LogP contribution in [0.5, 0.6) is 0 Å². The fourth-order valence-electron chi connectivity index (χ4n) is 2.97. The lowest BCUT2D eigenvalue weighted by molar-refractivity contribution is -0.128. The Balaban J connectivity index is 1.79. The first-order valence-corrected chi connectivity index (χ1v) is 8.03. The molecule has 1 aromatic carbocycles. The van der Waals surface area contributed by atoms with Crippen molar-refractivity contribution in [2.24, 2.45) is 5.92 Å². The SMILES string of the molecule is CN1C[C@@H](C(=O)NCc2cc(N(C)C)nc3ccccc23)CC1=O. The van der Waals surface area contributed by atoms with E-state index in [-0.39, 0.29) is 17.7 Å². The van der Waals surface area contributed by atoms with Gasteiger partial charge in [-0.15, -0.1) is 0 Å². The maximum absolute atomic E-state index is 12.3. The summed E-state index contributed by atoms with van der Waals surface area (Å²) in [7, 11) is 5.62. The number of fused-ring (bicyclic) bond motifs is 1. The highest BCUT2D eigenvalue weighted by atomic mass is 16.2. The van der Waals surface area contributed by atoms with Gasteiger partial charge in [-0.2, -0.15) is 0 Å². The number of benzene rings is 1. The Kier molecular flexibility index (Phi) is 4.38. The number of likely N-dealkylation sites (tertiary alicyclic amines) is 1. The largest absolute Gasteiger partial charge is 0.363 e. The molecule has 24 heavy (non-hydrogen) atoms. The van der Waals surface area contributed by atoms with Crippen molar-refractivity contribution >= 4 is 28.5 Å². The van der Waals surface area contributed by atoms with Gasteiger partial charge in [0.1, 0.15) is 5.82 Å². The molecule has 1 aliphatic rings. The van der Waals surface area contributed by atoms with Crippen molar-refractivity contribution in [3.05, 3.63) is 35.9 Å². The zero-order valence-corrected chi connectivity index (χ0v) is 14.2. The highest BCUT2D eigenvalue weighted by molar-refractivity contribution is 5.89. The Morgan fingerprint density at radius 2 is 2.12 bits per heavy atom. The Bertz CT molecular complexity index is 788.